The van der Waals surface area contributed by atoms with Gasteiger partial charge in [0.25, 0.3) is 5.91 Å². The fourth-order valence-corrected chi connectivity index (χ4v) is 1.91. The van der Waals surface area contributed by atoms with Crippen LogP contribution in [0.3, 0.4) is 0 Å². The van der Waals surface area contributed by atoms with Gasteiger partial charge in [-0.2, -0.15) is 13.2 Å². The van der Waals surface area contributed by atoms with Crippen LogP contribution in [0.5, 0.6) is 5.75 Å². The molecule has 7 heteroatoms. The smallest absolute Gasteiger partial charge is 0.416 e. The van der Waals surface area contributed by atoms with E-state index in [1.807, 2.05) is 0 Å². The number of nitrogens with one attached hydrogen (secondary N) is 1. The molecule has 0 heterocycles. The number of carbonyl (C=O) groups excluding carboxylic acids is 1. The fourth-order valence-electron chi connectivity index (χ4n) is 1.80. The highest BCUT2D eigenvalue weighted by atomic mass is 35.5. The van der Waals surface area contributed by atoms with Crippen molar-refractivity contribution in [2.45, 2.75) is 13.1 Å². The van der Waals surface area contributed by atoms with Crippen LogP contribution < -0.4 is 10.1 Å². The molecule has 2 aromatic rings. The number of rotatable bonds is 4. The monoisotopic (exact) mass is 343 g/mol. The van der Waals surface area contributed by atoms with E-state index in [9.17, 15) is 18.0 Å². The molecular formula is C16H13ClF3NO2. The van der Waals surface area contributed by atoms with Crippen molar-refractivity contribution < 1.29 is 22.7 Å². The molecule has 1 N–H and O–H groups in total. The van der Waals surface area contributed by atoms with Crippen LogP contribution in [-0.2, 0) is 11.0 Å². The molecule has 0 unspecified atom stereocenters. The highest BCUT2D eigenvalue weighted by Gasteiger charge is 2.29. The molecule has 0 radical (unpaired) electrons. The van der Waals surface area contributed by atoms with Crippen molar-refractivity contribution in [2.24, 2.45) is 0 Å². The van der Waals surface area contributed by atoms with E-state index in [-0.39, 0.29) is 12.3 Å². The number of benzene rings is 2. The van der Waals surface area contributed by atoms with E-state index >= 15 is 0 Å². The molecule has 0 aliphatic heterocycles. The van der Waals surface area contributed by atoms with Crippen molar-refractivity contribution in [3.05, 3.63) is 58.6 Å². The quantitative estimate of drug-likeness (QED) is 0.875. The molecule has 0 bridgehead atoms. The van der Waals surface area contributed by atoms with Gasteiger partial charge in [-0.05, 0) is 55.0 Å². The summed E-state index contributed by atoms with van der Waals surface area (Å²) in [5.41, 5.74) is 0.301. The maximum Gasteiger partial charge on any atom is 0.416 e. The molecule has 0 saturated heterocycles. The van der Waals surface area contributed by atoms with Crippen LogP contribution >= 0.6 is 11.6 Å². The SMILES string of the molecule is Cc1cc(OCC(=O)Nc2ccc(C(F)(F)F)cc2)ccc1Cl. The molecule has 0 atom stereocenters. The Hall–Kier alpha value is -2.21. The van der Waals surface area contributed by atoms with Crippen LogP contribution in [0, 0.1) is 6.92 Å². The molecule has 23 heavy (non-hydrogen) atoms. The summed E-state index contributed by atoms with van der Waals surface area (Å²) in [4.78, 5) is 11.7. The zero-order valence-corrected chi connectivity index (χ0v) is 12.8. The molecule has 0 aliphatic carbocycles. The van der Waals surface area contributed by atoms with Gasteiger partial charge in [-0.1, -0.05) is 11.6 Å². The van der Waals surface area contributed by atoms with Gasteiger partial charge in [0.05, 0.1) is 5.56 Å². The molecule has 0 saturated carbocycles. The number of alkyl halides is 3. The minimum atomic E-state index is -4.40. The minimum absolute atomic E-state index is 0.262. The van der Waals surface area contributed by atoms with E-state index in [2.05, 4.69) is 5.32 Å². The fraction of sp³-hybridized carbons (Fsp3) is 0.188. The lowest BCUT2D eigenvalue weighted by molar-refractivity contribution is -0.137. The molecule has 0 aromatic heterocycles. The van der Waals surface area contributed by atoms with E-state index in [0.717, 1.165) is 17.7 Å². The van der Waals surface area contributed by atoms with Crippen LogP contribution in [0.2, 0.25) is 5.02 Å². The number of ether oxygens (including phenoxy) is 1. The van der Waals surface area contributed by atoms with E-state index < -0.39 is 17.6 Å². The summed E-state index contributed by atoms with van der Waals surface area (Å²) in [5, 5.41) is 3.05. The average Bonchev–Trinajstić information content (AvgIpc) is 2.48. The Morgan fingerprint density at radius 2 is 1.83 bits per heavy atom. The number of amides is 1. The number of hydrogen-bond acceptors (Lipinski definition) is 2. The van der Waals surface area contributed by atoms with E-state index in [1.165, 1.54) is 12.1 Å². The number of hydrogen-bond donors (Lipinski definition) is 1. The third-order valence-electron chi connectivity index (χ3n) is 3.00. The zero-order chi connectivity index (χ0) is 17.0. The van der Waals surface area contributed by atoms with Gasteiger partial charge in [0.15, 0.2) is 6.61 Å². The third kappa shape index (κ3) is 4.89. The zero-order valence-electron chi connectivity index (χ0n) is 12.1. The second kappa shape index (κ2) is 6.91. The first kappa shape index (κ1) is 17.1. The summed E-state index contributed by atoms with van der Waals surface area (Å²) >= 11 is 5.88. The molecule has 3 nitrogen and oxygen atoms in total. The first-order valence-corrected chi connectivity index (χ1v) is 6.99. The van der Waals surface area contributed by atoms with E-state index in [0.29, 0.717) is 10.8 Å². The Bertz CT molecular complexity index is 699. The molecule has 2 rings (SSSR count). The number of aryl methyl sites for hydroxylation is 1. The Morgan fingerprint density at radius 1 is 1.17 bits per heavy atom. The van der Waals surface area contributed by atoms with Gasteiger partial charge in [0, 0.05) is 10.7 Å². The number of carbonyl (C=O) groups is 1. The predicted octanol–water partition coefficient (Wildman–Crippen LogP) is 4.68. The largest absolute Gasteiger partial charge is 0.484 e. The molecule has 122 valence electrons. The Morgan fingerprint density at radius 3 is 2.39 bits per heavy atom. The first-order valence-electron chi connectivity index (χ1n) is 6.62. The Labute approximate surface area is 136 Å². The normalized spacial score (nSPS) is 11.2. The molecule has 0 aliphatic rings. The van der Waals surface area contributed by atoms with Crippen molar-refractivity contribution in [2.75, 3.05) is 11.9 Å². The minimum Gasteiger partial charge on any atom is -0.484 e. The van der Waals surface area contributed by atoms with Gasteiger partial charge in [0.1, 0.15) is 5.75 Å². The summed E-state index contributed by atoms with van der Waals surface area (Å²) in [6, 6.07) is 9.15. The molecule has 1 amide bonds. The second-order valence-electron chi connectivity index (χ2n) is 4.82. The van der Waals surface area contributed by atoms with Gasteiger partial charge < -0.3 is 10.1 Å². The van der Waals surface area contributed by atoms with Crippen molar-refractivity contribution in [3.8, 4) is 5.75 Å². The second-order valence-corrected chi connectivity index (χ2v) is 5.23. The predicted molar refractivity (Wildman–Crippen MR) is 81.8 cm³/mol. The van der Waals surface area contributed by atoms with Gasteiger partial charge in [0.2, 0.25) is 0 Å². The summed E-state index contributed by atoms with van der Waals surface area (Å²) < 4.78 is 42.6. The average molecular weight is 344 g/mol. The molecule has 0 spiro atoms. The topological polar surface area (TPSA) is 38.3 Å². The van der Waals surface area contributed by atoms with Crippen LogP contribution in [0.25, 0.3) is 0 Å². The Kier molecular flexibility index (Phi) is 5.15. The first-order chi connectivity index (χ1) is 10.8. The van der Waals surface area contributed by atoms with Gasteiger partial charge in [-0.3, -0.25) is 4.79 Å². The molecule has 2 aromatic carbocycles. The Balaban J connectivity index is 1.90. The van der Waals surface area contributed by atoms with E-state index in [4.69, 9.17) is 16.3 Å². The van der Waals surface area contributed by atoms with E-state index in [1.54, 1.807) is 25.1 Å². The third-order valence-corrected chi connectivity index (χ3v) is 3.42. The van der Waals surface area contributed by atoms with Gasteiger partial charge >= 0.3 is 6.18 Å². The van der Waals surface area contributed by atoms with Crippen molar-refractivity contribution in [3.63, 3.8) is 0 Å². The molecular weight excluding hydrogens is 331 g/mol. The molecule has 0 fully saturated rings. The van der Waals surface area contributed by atoms with Crippen LogP contribution in [-0.4, -0.2) is 12.5 Å². The summed E-state index contributed by atoms with van der Waals surface area (Å²) in [6.45, 7) is 1.54. The van der Waals surface area contributed by atoms with Gasteiger partial charge in [-0.25, -0.2) is 0 Å². The maximum absolute atomic E-state index is 12.4. The maximum atomic E-state index is 12.4. The standard InChI is InChI=1S/C16H13ClF3NO2/c1-10-8-13(6-7-14(10)17)23-9-15(22)21-12-4-2-11(3-5-12)16(18,19)20/h2-8H,9H2,1H3,(H,21,22). The van der Waals surface area contributed by atoms with Gasteiger partial charge in [-0.15, -0.1) is 0 Å². The highest BCUT2D eigenvalue weighted by molar-refractivity contribution is 6.31. The lowest BCUT2D eigenvalue weighted by atomic mass is 10.2. The summed E-state index contributed by atoms with van der Waals surface area (Å²) in [7, 11) is 0. The summed E-state index contributed by atoms with van der Waals surface area (Å²) in [5.74, 6) is 0.00633. The van der Waals surface area contributed by atoms with Crippen molar-refractivity contribution >= 4 is 23.2 Å². The van der Waals surface area contributed by atoms with Crippen LogP contribution in [0.15, 0.2) is 42.5 Å². The lowest BCUT2D eigenvalue weighted by Gasteiger charge is -2.10. The van der Waals surface area contributed by atoms with Crippen LogP contribution in [0.4, 0.5) is 18.9 Å². The van der Waals surface area contributed by atoms with Crippen molar-refractivity contribution in [1.29, 1.82) is 0 Å². The lowest BCUT2D eigenvalue weighted by Crippen LogP contribution is -2.20. The highest BCUT2D eigenvalue weighted by Crippen LogP contribution is 2.29. The number of anilines is 1. The number of halogens is 4. The summed E-state index contributed by atoms with van der Waals surface area (Å²) in [6.07, 6.45) is -4.40. The van der Waals surface area contributed by atoms with Crippen LogP contribution in [0.1, 0.15) is 11.1 Å². The van der Waals surface area contributed by atoms with Crippen molar-refractivity contribution in [1.82, 2.24) is 0 Å².